The van der Waals surface area contributed by atoms with Gasteiger partial charge < -0.3 is 14.6 Å². The zero-order valence-electron chi connectivity index (χ0n) is 16.9. The summed E-state index contributed by atoms with van der Waals surface area (Å²) in [5.74, 6) is 1.04. The van der Waals surface area contributed by atoms with E-state index in [1.807, 2.05) is 6.07 Å². The van der Waals surface area contributed by atoms with Gasteiger partial charge >= 0.3 is 0 Å². The van der Waals surface area contributed by atoms with Crippen molar-refractivity contribution in [2.75, 3.05) is 19.4 Å². The molecule has 1 aromatic carbocycles. The van der Waals surface area contributed by atoms with Crippen molar-refractivity contribution >= 4 is 22.5 Å². The van der Waals surface area contributed by atoms with Gasteiger partial charge in [-0.3, -0.25) is 4.79 Å². The molecule has 152 valence electrons. The predicted octanol–water partition coefficient (Wildman–Crippen LogP) is 4.40. The van der Waals surface area contributed by atoms with Crippen LogP contribution in [0.25, 0.3) is 22.1 Å². The summed E-state index contributed by atoms with van der Waals surface area (Å²) >= 11 is 0. The highest BCUT2D eigenvalue weighted by atomic mass is 19.1. The molecule has 29 heavy (non-hydrogen) atoms. The Bertz CT molecular complexity index is 1040. The van der Waals surface area contributed by atoms with E-state index < -0.39 is 0 Å². The van der Waals surface area contributed by atoms with E-state index in [1.165, 1.54) is 12.3 Å². The zero-order chi connectivity index (χ0) is 20.5. The summed E-state index contributed by atoms with van der Waals surface area (Å²) in [6, 6.07) is 5.47. The Labute approximate surface area is 169 Å². The molecular weight excluding hydrogens is 371 g/mol. The van der Waals surface area contributed by atoms with Crippen LogP contribution in [0.15, 0.2) is 35.0 Å². The fourth-order valence-electron chi connectivity index (χ4n) is 4.00. The quantitative estimate of drug-likeness (QED) is 0.708. The molecular formula is C22H25FN4O2. The van der Waals surface area contributed by atoms with E-state index in [0.29, 0.717) is 39.8 Å². The molecule has 2 heterocycles. The van der Waals surface area contributed by atoms with Crippen molar-refractivity contribution in [2.24, 2.45) is 5.92 Å². The van der Waals surface area contributed by atoms with Crippen molar-refractivity contribution in [3.05, 3.63) is 42.3 Å². The number of nitrogens with one attached hydrogen (secondary N) is 1. The van der Waals surface area contributed by atoms with Crippen LogP contribution in [0.4, 0.5) is 10.2 Å². The second-order valence-corrected chi connectivity index (χ2v) is 7.95. The number of amides is 1. The van der Waals surface area contributed by atoms with Gasteiger partial charge in [0.05, 0.1) is 6.20 Å². The Kier molecular flexibility index (Phi) is 5.32. The van der Waals surface area contributed by atoms with Crippen molar-refractivity contribution in [3.63, 3.8) is 0 Å². The first-order valence-electron chi connectivity index (χ1n) is 9.90. The molecule has 2 aromatic heterocycles. The molecule has 1 amide bonds. The topological polar surface area (TPSA) is 71.3 Å². The summed E-state index contributed by atoms with van der Waals surface area (Å²) in [6.45, 7) is 1.74. The highest BCUT2D eigenvalue weighted by molar-refractivity contribution is 5.95. The number of pyridine rings is 1. The third kappa shape index (κ3) is 4.15. The number of hydrogen-bond acceptors (Lipinski definition) is 5. The van der Waals surface area contributed by atoms with E-state index in [0.717, 1.165) is 25.7 Å². The Morgan fingerprint density at radius 3 is 2.55 bits per heavy atom. The second kappa shape index (κ2) is 7.91. The number of anilines is 1. The maximum absolute atomic E-state index is 14.5. The number of carbonyl (C=O) groups excluding carboxylic acids is 1. The molecule has 0 radical (unpaired) electrons. The van der Waals surface area contributed by atoms with Gasteiger partial charge in [0.1, 0.15) is 11.6 Å². The van der Waals surface area contributed by atoms with Crippen LogP contribution in [-0.4, -0.2) is 40.9 Å². The molecule has 0 bridgehead atoms. The Hall–Kier alpha value is -2.80. The third-order valence-electron chi connectivity index (χ3n) is 5.74. The fraction of sp³-hybridized carbons (Fsp3) is 0.409. The van der Waals surface area contributed by atoms with Crippen LogP contribution in [0.2, 0.25) is 0 Å². The second-order valence-electron chi connectivity index (χ2n) is 7.95. The van der Waals surface area contributed by atoms with Gasteiger partial charge in [-0.15, -0.1) is 0 Å². The highest BCUT2D eigenvalue weighted by Gasteiger charge is 2.27. The largest absolute Gasteiger partial charge is 0.441 e. The van der Waals surface area contributed by atoms with Gasteiger partial charge in [-0.25, -0.2) is 14.4 Å². The van der Waals surface area contributed by atoms with Crippen molar-refractivity contribution in [2.45, 2.75) is 38.6 Å². The number of nitrogens with zero attached hydrogens (tertiary/aromatic N) is 3. The number of halogens is 1. The molecule has 7 heteroatoms. The number of benzene rings is 1. The smallest absolute Gasteiger partial charge is 0.228 e. The van der Waals surface area contributed by atoms with Gasteiger partial charge in [-0.05, 0) is 63.4 Å². The molecule has 0 aliphatic heterocycles. The third-order valence-corrected chi connectivity index (χ3v) is 5.74. The molecule has 4 rings (SSSR count). The van der Waals surface area contributed by atoms with Crippen molar-refractivity contribution in [1.29, 1.82) is 0 Å². The zero-order valence-corrected chi connectivity index (χ0v) is 16.9. The molecule has 1 aliphatic rings. The number of aromatic nitrogens is 2. The molecule has 0 spiro atoms. The van der Waals surface area contributed by atoms with Gasteiger partial charge in [0.25, 0.3) is 0 Å². The molecule has 1 N–H and O–H groups in total. The van der Waals surface area contributed by atoms with Crippen molar-refractivity contribution < 1.29 is 13.6 Å². The molecule has 1 fully saturated rings. The standard InChI is InChI=1S/C22H25FN4O2/c1-13-24-12-20(29-13)16-8-15-10-21(25-11-18(15)19(23)9-16)26-22(28)14-4-6-17(7-5-14)27(2)3/h8-12,14,17H,4-7H2,1-3H3,(H,25,26,28)/t14-,17-. The highest BCUT2D eigenvalue weighted by Crippen LogP contribution is 2.30. The van der Waals surface area contributed by atoms with Crippen LogP contribution < -0.4 is 5.32 Å². The first-order chi connectivity index (χ1) is 13.9. The van der Waals surface area contributed by atoms with E-state index in [-0.39, 0.29) is 17.6 Å². The minimum Gasteiger partial charge on any atom is -0.441 e. The predicted molar refractivity (Wildman–Crippen MR) is 110 cm³/mol. The average molecular weight is 396 g/mol. The number of aryl methyl sites for hydroxylation is 1. The van der Waals surface area contributed by atoms with Crippen LogP contribution in [0, 0.1) is 18.7 Å². The van der Waals surface area contributed by atoms with E-state index in [2.05, 4.69) is 34.3 Å². The first kappa shape index (κ1) is 19.5. The van der Waals surface area contributed by atoms with E-state index in [4.69, 9.17) is 4.42 Å². The Balaban J connectivity index is 1.53. The molecule has 3 aromatic rings. The van der Waals surface area contributed by atoms with E-state index in [1.54, 1.807) is 19.2 Å². The molecule has 1 aliphatic carbocycles. The number of carbonyl (C=O) groups is 1. The lowest BCUT2D eigenvalue weighted by Crippen LogP contribution is -2.35. The molecule has 0 saturated heterocycles. The SMILES string of the molecule is Cc1ncc(-c2cc(F)c3cnc(NC(=O)[C@H]4CC[C@H](N(C)C)CC4)cc3c2)o1. The van der Waals surface area contributed by atoms with Crippen LogP contribution in [0.5, 0.6) is 0 Å². The van der Waals surface area contributed by atoms with Crippen LogP contribution >= 0.6 is 0 Å². The molecule has 6 nitrogen and oxygen atoms in total. The maximum atomic E-state index is 14.5. The van der Waals surface area contributed by atoms with Crippen LogP contribution in [0.3, 0.4) is 0 Å². The summed E-state index contributed by atoms with van der Waals surface area (Å²) in [6.07, 6.45) is 6.79. The number of hydrogen-bond donors (Lipinski definition) is 1. The van der Waals surface area contributed by atoms with E-state index >= 15 is 0 Å². The normalized spacial score (nSPS) is 19.6. The maximum Gasteiger partial charge on any atom is 0.228 e. The number of rotatable bonds is 4. The monoisotopic (exact) mass is 396 g/mol. The van der Waals surface area contributed by atoms with Gasteiger partial charge in [0, 0.05) is 36.0 Å². The molecule has 1 saturated carbocycles. The minimum absolute atomic E-state index is 0.0102. The average Bonchev–Trinajstić information content (AvgIpc) is 3.14. The minimum atomic E-state index is -0.390. The fourth-order valence-corrected chi connectivity index (χ4v) is 4.00. The lowest BCUT2D eigenvalue weighted by molar-refractivity contribution is -0.121. The molecule has 0 unspecified atom stereocenters. The Morgan fingerprint density at radius 1 is 1.14 bits per heavy atom. The number of oxazole rings is 1. The van der Waals surface area contributed by atoms with Crippen molar-refractivity contribution in [1.82, 2.24) is 14.9 Å². The summed E-state index contributed by atoms with van der Waals surface area (Å²) in [4.78, 5) is 23.2. The van der Waals surface area contributed by atoms with Crippen LogP contribution in [0.1, 0.15) is 31.6 Å². The van der Waals surface area contributed by atoms with Gasteiger partial charge in [-0.2, -0.15) is 0 Å². The summed E-state index contributed by atoms with van der Waals surface area (Å²) in [5.41, 5.74) is 0.598. The van der Waals surface area contributed by atoms with E-state index in [9.17, 15) is 9.18 Å². The summed E-state index contributed by atoms with van der Waals surface area (Å²) in [7, 11) is 4.16. The van der Waals surface area contributed by atoms with Crippen molar-refractivity contribution in [3.8, 4) is 11.3 Å². The number of fused-ring (bicyclic) bond motifs is 1. The Morgan fingerprint density at radius 2 is 1.90 bits per heavy atom. The lowest BCUT2D eigenvalue weighted by Gasteiger charge is -2.31. The lowest BCUT2D eigenvalue weighted by atomic mass is 9.85. The summed E-state index contributed by atoms with van der Waals surface area (Å²) in [5, 5.41) is 3.96. The van der Waals surface area contributed by atoms with Crippen LogP contribution in [-0.2, 0) is 4.79 Å². The summed E-state index contributed by atoms with van der Waals surface area (Å²) < 4.78 is 20.0. The van der Waals surface area contributed by atoms with Gasteiger partial charge in [-0.1, -0.05) is 0 Å². The van der Waals surface area contributed by atoms with Gasteiger partial charge in [0.2, 0.25) is 5.91 Å². The molecule has 0 atom stereocenters. The first-order valence-corrected chi connectivity index (χ1v) is 9.90. The van der Waals surface area contributed by atoms with Gasteiger partial charge in [0.15, 0.2) is 11.7 Å².